The van der Waals surface area contributed by atoms with Crippen LogP contribution >= 0.6 is 11.6 Å². The molecule has 2 rings (SSSR count). The lowest BCUT2D eigenvalue weighted by molar-refractivity contribution is 0.639. The molecular weight excluding hydrogens is 196 g/mol. The average Bonchev–Trinajstić information content (AvgIpc) is 2.95. The van der Waals surface area contributed by atoms with Gasteiger partial charge in [0.1, 0.15) is 0 Å². The van der Waals surface area contributed by atoms with Gasteiger partial charge in [-0.3, -0.25) is 0 Å². The lowest BCUT2D eigenvalue weighted by Gasteiger charge is -2.05. The molecule has 3 N–H and O–H groups in total. The Bertz CT molecular complexity index is 321. The Morgan fingerprint density at radius 2 is 2.21 bits per heavy atom. The van der Waals surface area contributed by atoms with Gasteiger partial charge in [-0.15, -0.1) is 0 Å². The molecule has 0 amide bonds. The van der Waals surface area contributed by atoms with Gasteiger partial charge in [-0.05, 0) is 43.0 Å². The predicted octanol–water partition coefficient (Wildman–Crippen LogP) is 2.42. The quantitative estimate of drug-likeness (QED) is 0.750. The van der Waals surface area contributed by atoms with Crippen LogP contribution in [0.2, 0.25) is 5.02 Å². The molecule has 0 spiro atoms. The number of nitrogens with two attached hydrogens (primary N) is 1. The van der Waals surface area contributed by atoms with Crippen molar-refractivity contribution in [3.05, 3.63) is 28.8 Å². The molecule has 1 aliphatic carbocycles. The zero-order valence-electron chi connectivity index (χ0n) is 8.09. The molecule has 0 aliphatic heterocycles. The molecule has 1 fully saturated rings. The fraction of sp³-hybridized carbons (Fsp3) is 0.455. The average molecular weight is 211 g/mol. The number of benzene rings is 1. The van der Waals surface area contributed by atoms with E-state index >= 15 is 0 Å². The topological polar surface area (TPSA) is 38.0 Å². The summed E-state index contributed by atoms with van der Waals surface area (Å²) in [6, 6.07) is 5.80. The van der Waals surface area contributed by atoms with E-state index in [4.69, 9.17) is 17.3 Å². The molecule has 0 aromatic heterocycles. The van der Waals surface area contributed by atoms with E-state index in [0.717, 1.165) is 19.0 Å². The first-order valence-electron chi connectivity index (χ1n) is 5.00. The molecule has 0 atom stereocenters. The first kappa shape index (κ1) is 9.81. The van der Waals surface area contributed by atoms with Crippen LogP contribution in [0.25, 0.3) is 0 Å². The molecule has 2 nitrogen and oxygen atoms in total. The molecule has 0 bridgehead atoms. The fourth-order valence-corrected chi connectivity index (χ4v) is 1.56. The number of rotatable bonds is 4. The van der Waals surface area contributed by atoms with Gasteiger partial charge in [0.2, 0.25) is 0 Å². The maximum atomic E-state index is 5.83. The Hall–Kier alpha value is -0.730. The predicted molar refractivity (Wildman–Crippen MR) is 60.3 cm³/mol. The van der Waals surface area contributed by atoms with E-state index in [2.05, 4.69) is 5.32 Å². The Labute approximate surface area is 89.4 Å². The third-order valence-corrected chi connectivity index (χ3v) is 2.86. The monoisotopic (exact) mass is 210 g/mol. The van der Waals surface area contributed by atoms with Crippen molar-refractivity contribution < 1.29 is 0 Å². The molecular formula is C11H15ClN2. The second-order valence-corrected chi connectivity index (χ2v) is 4.34. The molecule has 1 aromatic rings. The summed E-state index contributed by atoms with van der Waals surface area (Å²) in [6.07, 6.45) is 2.77. The molecule has 3 heteroatoms. The van der Waals surface area contributed by atoms with Gasteiger partial charge >= 0.3 is 0 Å². The normalized spacial score (nSPS) is 15.8. The summed E-state index contributed by atoms with van der Waals surface area (Å²) in [7, 11) is 0. The lowest BCUT2D eigenvalue weighted by atomic mass is 10.2. The molecule has 1 aromatic carbocycles. The van der Waals surface area contributed by atoms with Gasteiger partial charge in [-0.25, -0.2) is 0 Å². The van der Waals surface area contributed by atoms with E-state index in [1.807, 2.05) is 18.2 Å². The molecule has 14 heavy (non-hydrogen) atoms. The van der Waals surface area contributed by atoms with Crippen LogP contribution in [0, 0.1) is 5.92 Å². The number of nitrogens with one attached hydrogen (secondary N) is 1. The summed E-state index contributed by atoms with van der Waals surface area (Å²) >= 11 is 5.83. The van der Waals surface area contributed by atoms with Gasteiger partial charge in [0.25, 0.3) is 0 Å². The summed E-state index contributed by atoms with van der Waals surface area (Å²) in [5.41, 5.74) is 7.57. The van der Waals surface area contributed by atoms with Crippen molar-refractivity contribution in [1.29, 1.82) is 0 Å². The van der Waals surface area contributed by atoms with E-state index in [1.54, 1.807) is 0 Å². The molecule has 0 saturated heterocycles. The molecule has 1 aliphatic rings. The number of nitrogen functional groups attached to an aromatic ring is 1. The van der Waals surface area contributed by atoms with Crippen molar-refractivity contribution in [1.82, 2.24) is 5.32 Å². The maximum Gasteiger partial charge on any atom is 0.0635 e. The highest BCUT2D eigenvalue weighted by Crippen LogP contribution is 2.27. The Morgan fingerprint density at radius 3 is 2.86 bits per heavy atom. The largest absolute Gasteiger partial charge is 0.398 e. The minimum absolute atomic E-state index is 0.635. The highest BCUT2D eigenvalue weighted by Gasteiger charge is 2.19. The van der Waals surface area contributed by atoms with Gasteiger partial charge in [-0.1, -0.05) is 17.7 Å². The lowest BCUT2D eigenvalue weighted by Crippen LogP contribution is -2.16. The third kappa shape index (κ3) is 2.63. The summed E-state index contributed by atoms with van der Waals surface area (Å²) in [4.78, 5) is 0. The first-order chi connectivity index (χ1) is 6.75. The van der Waals surface area contributed by atoms with Crippen LogP contribution in [-0.4, -0.2) is 6.54 Å². The SMILES string of the molecule is Nc1cc(CNCC2CC2)ccc1Cl. The highest BCUT2D eigenvalue weighted by atomic mass is 35.5. The summed E-state index contributed by atoms with van der Waals surface area (Å²) in [5.74, 6) is 0.916. The molecule has 76 valence electrons. The zero-order chi connectivity index (χ0) is 9.97. The Kier molecular flexibility index (Phi) is 2.94. The van der Waals surface area contributed by atoms with Gasteiger partial charge in [-0.2, -0.15) is 0 Å². The Balaban J connectivity index is 1.85. The van der Waals surface area contributed by atoms with Crippen LogP contribution in [0.15, 0.2) is 18.2 Å². The van der Waals surface area contributed by atoms with Crippen LogP contribution in [-0.2, 0) is 6.54 Å². The molecule has 1 saturated carbocycles. The van der Waals surface area contributed by atoms with Crippen LogP contribution < -0.4 is 11.1 Å². The summed E-state index contributed by atoms with van der Waals surface area (Å²) < 4.78 is 0. The smallest absolute Gasteiger partial charge is 0.0635 e. The number of hydrogen-bond acceptors (Lipinski definition) is 2. The van der Waals surface area contributed by atoms with Crippen molar-refractivity contribution in [2.24, 2.45) is 5.92 Å². The van der Waals surface area contributed by atoms with E-state index in [1.165, 1.54) is 18.4 Å². The van der Waals surface area contributed by atoms with Crippen LogP contribution in [0.5, 0.6) is 0 Å². The van der Waals surface area contributed by atoms with Crippen molar-refractivity contribution >= 4 is 17.3 Å². The van der Waals surface area contributed by atoms with Crippen molar-refractivity contribution in [3.8, 4) is 0 Å². The van der Waals surface area contributed by atoms with E-state index in [9.17, 15) is 0 Å². The van der Waals surface area contributed by atoms with Crippen LogP contribution in [0.1, 0.15) is 18.4 Å². The van der Waals surface area contributed by atoms with Gasteiger partial charge < -0.3 is 11.1 Å². The second kappa shape index (κ2) is 4.20. The van der Waals surface area contributed by atoms with Gasteiger partial charge in [0, 0.05) is 6.54 Å². The number of anilines is 1. The fourth-order valence-electron chi connectivity index (χ4n) is 1.45. The minimum atomic E-state index is 0.635. The van der Waals surface area contributed by atoms with E-state index < -0.39 is 0 Å². The van der Waals surface area contributed by atoms with Gasteiger partial charge in [0.05, 0.1) is 10.7 Å². The first-order valence-corrected chi connectivity index (χ1v) is 5.38. The van der Waals surface area contributed by atoms with Crippen molar-refractivity contribution in [2.45, 2.75) is 19.4 Å². The van der Waals surface area contributed by atoms with Crippen LogP contribution in [0.3, 0.4) is 0 Å². The van der Waals surface area contributed by atoms with Crippen molar-refractivity contribution in [2.75, 3.05) is 12.3 Å². The standard InChI is InChI=1S/C11H15ClN2/c12-10-4-3-9(5-11(10)13)7-14-6-8-1-2-8/h3-5,8,14H,1-2,6-7,13H2. The Morgan fingerprint density at radius 1 is 1.43 bits per heavy atom. The highest BCUT2D eigenvalue weighted by molar-refractivity contribution is 6.33. The molecule has 0 radical (unpaired) electrons. The van der Waals surface area contributed by atoms with E-state index in [-0.39, 0.29) is 0 Å². The van der Waals surface area contributed by atoms with Crippen LogP contribution in [0.4, 0.5) is 5.69 Å². The van der Waals surface area contributed by atoms with E-state index in [0.29, 0.717) is 10.7 Å². The third-order valence-electron chi connectivity index (χ3n) is 2.52. The number of hydrogen-bond donors (Lipinski definition) is 2. The van der Waals surface area contributed by atoms with Crippen molar-refractivity contribution in [3.63, 3.8) is 0 Å². The summed E-state index contributed by atoms with van der Waals surface area (Å²) in [5, 5.41) is 4.05. The minimum Gasteiger partial charge on any atom is -0.398 e. The zero-order valence-corrected chi connectivity index (χ0v) is 8.85. The summed E-state index contributed by atoms with van der Waals surface area (Å²) in [6.45, 7) is 2.01. The maximum absolute atomic E-state index is 5.83. The van der Waals surface area contributed by atoms with Gasteiger partial charge in [0.15, 0.2) is 0 Å². The molecule has 0 heterocycles. The number of halogens is 1. The molecule has 0 unspecified atom stereocenters. The second-order valence-electron chi connectivity index (χ2n) is 3.93.